The number of phenols is 1. The molecule has 1 aromatic rings. The molecule has 0 saturated heterocycles. The average Bonchev–Trinajstić information content (AvgIpc) is 2.61. The largest absolute Gasteiger partial charge is 0.504 e. The van der Waals surface area contributed by atoms with E-state index in [1.165, 1.54) is 5.56 Å². The molecule has 3 rings (SSSR count). The van der Waals surface area contributed by atoms with E-state index in [1.807, 2.05) is 7.05 Å². The van der Waals surface area contributed by atoms with Crippen molar-refractivity contribution in [2.24, 2.45) is 5.92 Å². The van der Waals surface area contributed by atoms with Gasteiger partial charge in [0.1, 0.15) is 0 Å². The van der Waals surface area contributed by atoms with Gasteiger partial charge < -0.3 is 19.8 Å². The smallest absolute Gasteiger partial charge is 0.303 e. The summed E-state index contributed by atoms with van der Waals surface area (Å²) in [5.41, 5.74) is 3.26. The fourth-order valence-corrected chi connectivity index (χ4v) is 3.26. The van der Waals surface area contributed by atoms with Gasteiger partial charge in [0, 0.05) is 37.3 Å². The lowest BCUT2D eigenvalue weighted by Gasteiger charge is -2.17. The molecule has 5 heteroatoms. The molecule has 0 aliphatic carbocycles. The fourth-order valence-electron chi connectivity index (χ4n) is 3.26. The minimum atomic E-state index is -0.771. The Hall–Kier alpha value is -1.91. The van der Waals surface area contributed by atoms with Crippen LogP contribution in [0.4, 0.5) is 5.69 Å². The normalized spacial score (nSPS) is 20.9. The third kappa shape index (κ3) is 2.17. The molecule has 0 saturated carbocycles. The molecule has 108 valence electrons. The number of rotatable bonds is 2. The van der Waals surface area contributed by atoms with E-state index in [2.05, 4.69) is 4.90 Å². The van der Waals surface area contributed by atoms with Crippen LogP contribution in [0.3, 0.4) is 0 Å². The van der Waals surface area contributed by atoms with Crippen LogP contribution in [0.5, 0.6) is 11.5 Å². The summed E-state index contributed by atoms with van der Waals surface area (Å²) in [6, 6.07) is 1.76. The molecule has 0 fully saturated rings. The Kier molecular flexibility index (Phi) is 3.20. The number of nitrogens with zero attached hydrogens (tertiary/aromatic N) is 1. The Morgan fingerprint density at radius 3 is 3.05 bits per heavy atom. The standard InChI is InChI=1S/C15H19NO4/c1-16-4-2-10-11-6-9(7-14(18)19)3-5-20-15(11)13(17)8-12(10)16/h8-9,17H,2-7H2,1H3,(H,18,19). The van der Waals surface area contributed by atoms with Crippen LogP contribution in [-0.4, -0.2) is 36.4 Å². The molecule has 0 radical (unpaired) electrons. The van der Waals surface area contributed by atoms with Crippen LogP contribution in [-0.2, 0) is 17.6 Å². The van der Waals surface area contributed by atoms with Crippen LogP contribution < -0.4 is 9.64 Å². The number of likely N-dealkylation sites (N-methyl/N-ethyl adjacent to an activating group) is 1. The molecule has 1 atom stereocenters. The number of anilines is 1. The van der Waals surface area contributed by atoms with Gasteiger partial charge >= 0.3 is 5.97 Å². The lowest BCUT2D eigenvalue weighted by Crippen LogP contribution is -2.12. The van der Waals surface area contributed by atoms with Crippen molar-refractivity contribution in [3.63, 3.8) is 0 Å². The van der Waals surface area contributed by atoms with Gasteiger partial charge in [-0.25, -0.2) is 0 Å². The highest BCUT2D eigenvalue weighted by atomic mass is 16.5. The van der Waals surface area contributed by atoms with E-state index in [-0.39, 0.29) is 18.1 Å². The van der Waals surface area contributed by atoms with Crippen molar-refractivity contribution in [1.82, 2.24) is 0 Å². The summed E-state index contributed by atoms with van der Waals surface area (Å²) in [4.78, 5) is 13.1. The molecule has 0 aromatic heterocycles. The summed E-state index contributed by atoms with van der Waals surface area (Å²) >= 11 is 0. The van der Waals surface area contributed by atoms with E-state index >= 15 is 0 Å². The minimum Gasteiger partial charge on any atom is -0.504 e. The summed E-state index contributed by atoms with van der Waals surface area (Å²) in [7, 11) is 2.00. The van der Waals surface area contributed by atoms with Gasteiger partial charge in [0.25, 0.3) is 0 Å². The zero-order valence-electron chi connectivity index (χ0n) is 11.6. The van der Waals surface area contributed by atoms with Crippen LogP contribution in [0.25, 0.3) is 0 Å². The van der Waals surface area contributed by atoms with Crippen molar-refractivity contribution in [2.75, 3.05) is 25.1 Å². The Morgan fingerprint density at radius 1 is 1.50 bits per heavy atom. The summed E-state index contributed by atoms with van der Waals surface area (Å²) < 4.78 is 5.69. The number of aromatic hydroxyl groups is 1. The molecule has 20 heavy (non-hydrogen) atoms. The molecule has 2 aliphatic rings. The average molecular weight is 277 g/mol. The monoisotopic (exact) mass is 277 g/mol. The molecule has 1 unspecified atom stereocenters. The van der Waals surface area contributed by atoms with E-state index in [1.54, 1.807) is 6.07 Å². The minimum absolute atomic E-state index is 0.0746. The third-order valence-electron chi connectivity index (χ3n) is 4.29. The Morgan fingerprint density at radius 2 is 2.30 bits per heavy atom. The quantitative estimate of drug-likeness (QED) is 0.862. The fraction of sp³-hybridized carbons (Fsp3) is 0.533. The summed E-state index contributed by atoms with van der Waals surface area (Å²) in [6.07, 6.45) is 2.47. The Labute approximate surface area is 117 Å². The summed E-state index contributed by atoms with van der Waals surface area (Å²) in [5.74, 6) is 0.0355. The number of hydrogen-bond donors (Lipinski definition) is 2. The molecule has 2 aliphatic heterocycles. The second-order valence-corrected chi connectivity index (χ2v) is 5.68. The van der Waals surface area contributed by atoms with Gasteiger partial charge in [0.2, 0.25) is 0 Å². The molecule has 0 spiro atoms. The molecular formula is C15H19NO4. The predicted octanol–water partition coefficient (Wildman–Crippen LogP) is 1.80. The number of carboxylic acid groups (broad SMARTS) is 1. The highest BCUT2D eigenvalue weighted by Gasteiger charge is 2.29. The number of aliphatic carboxylic acids is 1. The van der Waals surface area contributed by atoms with Crippen molar-refractivity contribution in [3.8, 4) is 11.5 Å². The predicted molar refractivity (Wildman–Crippen MR) is 74.6 cm³/mol. The van der Waals surface area contributed by atoms with Gasteiger partial charge in [-0.2, -0.15) is 0 Å². The SMILES string of the molecule is CN1CCc2c1cc(O)c1c2CC(CC(=O)O)CCO1. The van der Waals surface area contributed by atoms with Crippen molar-refractivity contribution >= 4 is 11.7 Å². The first-order valence-corrected chi connectivity index (χ1v) is 6.99. The Balaban J connectivity index is 2.01. The lowest BCUT2D eigenvalue weighted by molar-refractivity contribution is -0.138. The van der Waals surface area contributed by atoms with Crippen LogP contribution >= 0.6 is 0 Å². The van der Waals surface area contributed by atoms with E-state index in [0.29, 0.717) is 25.2 Å². The van der Waals surface area contributed by atoms with Gasteiger partial charge in [-0.1, -0.05) is 0 Å². The molecule has 2 heterocycles. The second kappa shape index (κ2) is 4.89. The number of fused-ring (bicyclic) bond motifs is 3. The van der Waals surface area contributed by atoms with Crippen molar-refractivity contribution < 1.29 is 19.7 Å². The first-order chi connectivity index (χ1) is 9.56. The van der Waals surface area contributed by atoms with E-state index in [9.17, 15) is 9.90 Å². The first kappa shape index (κ1) is 13.1. The Bertz CT molecular complexity index is 555. The van der Waals surface area contributed by atoms with Crippen LogP contribution in [0.1, 0.15) is 24.0 Å². The van der Waals surface area contributed by atoms with Crippen LogP contribution in [0.2, 0.25) is 0 Å². The molecule has 5 nitrogen and oxygen atoms in total. The molecule has 0 bridgehead atoms. The zero-order valence-corrected chi connectivity index (χ0v) is 11.6. The lowest BCUT2D eigenvalue weighted by atomic mass is 9.90. The van der Waals surface area contributed by atoms with E-state index in [0.717, 1.165) is 24.2 Å². The van der Waals surface area contributed by atoms with Crippen molar-refractivity contribution in [1.29, 1.82) is 0 Å². The van der Waals surface area contributed by atoms with Crippen molar-refractivity contribution in [2.45, 2.75) is 25.7 Å². The van der Waals surface area contributed by atoms with Gasteiger partial charge in [-0.15, -0.1) is 0 Å². The highest BCUT2D eigenvalue weighted by Crippen LogP contribution is 2.44. The molecule has 2 N–H and O–H groups in total. The van der Waals surface area contributed by atoms with E-state index in [4.69, 9.17) is 9.84 Å². The highest BCUT2D eigenvalue weighted by molar-refractivity contribution is 5.70. The summed E-state index contributed by atoms with van der Waals surface area (Å²) in [6.45, 7) is 1.39. The zero-order chi connectivity index (χ0) is 14.3. The van der Waals surface area contributed by atoms with E-state index < -0.39 is 5.97 Å². The van der Waals surface area contributed by atoms with Gasteiger partial charge in [0.05, 0.1) is 6.61 Å². The number of hydrogen-bond acceptors (Lipinski definition) is 4. The van der Waals surface area contributed by atoms with Crippen molar-refractivity contribution in [3.05, 3.63) is 17.2 Å². The molecule has 0 amide bonds. The van der Waals surface area contributed by atoms with Crippen LogP contribution in [0.15, 0.2) is 6.07 Å². The number of ether oxygens (including phenoxy) is 1. The maximum Gasteiger partial charge on any atom is 0.303 e. The number of carbonyl (C=O) groups is 1. The van der Waals surface area contributed by atoms with Gasteiger partial charge in [-0.3, -0.25) is 4.79 Å². The number of benzene rings is 1. The third-order valence-corrected chi connectivity index (χ3v) is 4.29. The molecular weight excluding hydrogens is 258 g/mol. The molecule has 1 aromatic carbocycles. The summed E-state index contributed by atoms with van der Waals surface area (Å²) in [5, 5.41) is 19.2. The second-order valence-electron chi connectivity index (χ2n) is 5.68. The first-order valence-electron chi connectivity index (χ1n) is 6.99. The topological polar surface area (TPSA) is 70.0 Å². The van der Waals surface area contributed by atoms with Gasteiger partial charge in [0.15, 0.2) is 11.5 Å². The maximum absolute atomic E-state index is 10.9. The number of phenolic OH excluding ortho intramolecular Hbond substituents is 1. The van der Waals surface area contributed by atoms with Gasteiger partial charge in [-0.05, 0) is 30.7 Å². The van der Waals surface area contributed by atoms with Crippen LogP contribution in [0, 0.1) is 5.92 Å². The maximum atomic E-state index is 10.9. The number of carboxylic acids is 1.